The van der Waals surface area contributed by atoms with Crippen LogP contribution in [0.5, 0.6) is 0 Å². The van der Waals surface area contributed by atoms with Crippen LogP contribution in [0.25, 0.3) is 0 Å². The molecule has 0 N–H and O–H groups in total. The van der Waals surface area contributed by atoms with Gasteiger partial charge in [0.2, 0.25) is 0 Å². The van der Waals surface area contributed by atoms with E-state index in [-0.39, 0.29) is 6.15 Å². The Labute approximate surface area is 120 Å². The van der Waals surface area contributed by atoms with Gasteiger partial charge in [-0.1, -0.05) is 50.6 Å². The summed E-state index contributed by atoms with van der Waals surface area (Å²) in [5.41, 5.74) is 1.14. The molecular weight excluding hydrogens is 275 g/mol. The highest BCUT2D eigenvalue weighted by atomic mass is 31.2. The summed E-state index contributed by atoms with van der Waals surface area (Å²) in [6.07, 6.45) is 2.51. The molecule has 0 unspecified atom stereocenters. The van der Waals surface area contributed by atoms with Gasteiger partial charge in [0.1, 0.15) is 7.14 Å². The number of ether oxygens (including phenoxy) is 1. The van der Waals surface area contributed by atoms with Crippen LogP contribution in [0, 0.1) is 5.92 Å². The van der Waals surface area contributed by atoms with Crippen LogP contribution in [0.3, 0.4) is 0 Å². The summed E-state index contributed by atoms with van der Waals surface area (Å²) < 4.78 is 17.8. The third-order valence-corrected chi connectivity index (χ3v) is 5.00. The van der Waals surface area contributed by atoms with Crippen molar-refractivity contribution >= 4 is 13.3 Å². The van der Waals surface area contributed by atoms with Crippen molar-refractivity contribution in [3.8, 4) is 0 Å². The Morgan fingerprint density at radius 1 is 1.25 bits per heavy atom. The van der Waals surface area contributed by atoms with Crippen molar-refractivity contribution in [2.24, 2.45) is 5.92 Å². The minimum absolute atomic E-state index is 0.250. The Balaban J connectivity index is 0.00000110. The van der Waals surface area contributed by atoms with E-state index in [2.05, 4.69) is 13.8 Å². The monoisotopic (exact) mass is 298 g/mol. The van der Waals surface area contributed by atoms with E-state index in [0.717, 1.165) is 18.1 Å². The molecule has 1 aromatic carbocycles. The summed E-state index contributed by atoms with van der Waals surface area (Å²) >= 11 is 0. The Hall–Kier alpha value is -1.21. The molecule has 20 heavy (non-hydrogen) atoms. The third-order valence-electron chi connectivity index (χ3n) is 2.87. The second-order valence-electron chi connectivity index (χ2n) is 5.04. The molecule has 1 aromatic rings. The minimum atomic E-state index is -2.12. The van der Waals surface area contributed by atoms with Crippen LogP contribution in [-0.2, 0) is 25.5 Å². The lowest BCUT2D eigenvalue weighted by Crippen LogP contribution is -2.05. The standard InChI is InChI=1S/C14H23O2P.CO2/c1-4-13(2)11-17(3,15)12-16-10-14-8-6-5-7-9-14;2-1-3/h5-9,13H,4,10-12H2,1-3H3;/t13-,17+;/m0./s1. The highest BCUT2D eigenvalue weighted by molar-refractivity contribution is 7.62. The van der Waals surface area contributed by atoms with Gasteiger partial charge in [0.05, 0.1) is 13.0 Å². The van der Waals surface area contributed by atoms with Crippen molar-refractivity contribution in [1.29, 1.82) is 0 Å². The molecule has 0 bridgehead atoms. The number of hydrogen-bond donors (Lipinski definition) is 0. The molecule has 0 aromatic heterocycles. The molecule has 112 valence electrons. The van der Waals surface area contributed by atoms with Gasteiger partial charge < -0.3 is 9.30 Å². The zero-order valence-corrected chi connectivity index (χ0v) is 13.3. The van der Waals surface area contributed by atoms with Gasteiger partial charge in [-0.15, -0.1) is 0 Å². The fraction of sp³-hybridized carbons (Fsp3) is 0.533. The van der Waals surface area contributed by atoms with Crippen LogP contribution < -0.4 is 0 Å². The van der Waals surface area contributed by atoms with Crippen LogP contribution in [0.2, 0.25) is 0 Å². The minimum Gasteiger partial charge on any atom is -0.369 e. The quantitative estimate of drug-likeness (QED) is 0.721. The number of benzene rings is 1. The average Bonchev–Trinajstić information content (AvgIpc) is 2.40. The number of hydrogen-bond acceptors (Lipinski definition) is 4. The van der Waals surface area contributed by atoms with E-state index in [9.17, 15) is 4.57 Å². The van der Waals surface area contributed by atoms with Gasteiger partial charge in [0, 0.05) is 6.16 Å². The second kappa shape index (κ2) is 10.6. The highest BCUT2D eigenvalue weighted by Crippen LogP contribution is 2.43. The van der Waals surface area contributed by atoms with Crippen LogP contribution >= 0.6 is 7.14 Å². The van der Waals surface area contributed by atoms with Crippen molar-refractivity contribution in [2.45, 2.75) is 26.9 Å². The smallest absolute Gasteiger partial charge is 0.369 e. The van der Waals surface area contributed by atoms with Crippen LogP contribution in [0.15, 0.2) is 30.3 Å². The molecule has 0 radical (unpaired) electrons. The van der Waals surface area contributed by atoms with Crippen molar-refractivity contribution in [2.75, 3.05) is 19.2 Å². The summed E-state index contributed by atoms with van der Waals surface area (Å²) in [7, 11) is -2.12. The van der Waals surface area contributed by atoms with Gasteiger partial charge in [-0.05, 0) is 18.1 Å². The van der Waals surface area contributed by atoms with E-state index in [0.29, 0.717) is 18.9 Å². The zero-order chi connectivity index (χ0) is 15.4. The van der Waals surface area contributed by atoms with Crippen molar-refractivity contribution in [3.63, 3.8) is 0 Å². The molecule has 1 rings (SSSR count). The largest absolute Gasteiger partial charge is 0.373 e. The van der Waals surface area contributed by atoms with Gasteiger partial charge in [-0.25, -0.2) is 0 Å². The lowest BCUT2D eigenvalue weighted by molar-refractivity contribution is -0.191. The zero-order valence-electron chi connectivity index (χ0n) is 12.4. The van der Waals surface area contributed by atoms with Crippen molar-refractivity contribution < 1.29 is 18.9 Å². The van der Waals surface area contributed by atoms with E-state index >= 15 is 0 Å². The predicted octanol–water partition coefficient (Wildman–Crippen LogP) is 3.62. The molecule has 0 aliphatic carbocycles. The normalized spacial score (nSPS) is 14.3. The molecule has 0 saturated carbocycles. The Morgan fingerprint density at radius 2 is 1.80 bits per heavy atom. The summed E-state index contributed by atoms with van der Waals surface area (Å²) in [5, 5.41) is 0. The highest BCUT2D eigenvalue weighted by Gasteiger charge is 2.18. The van der Waals surface area contributed by atoms with Crippen LogP contribution in [0.1, 0.15) is 25.8 Å². The maximum atomic E-state index is 12.2. The first-order valence-corrected chi connectivity index (χ1v) is 9.14. The SMILES string of the molecule is CC[C@H](C)C[P@@](C)(=O)COCc1ccccc1.O=C=O. The summed E-state index contributed by atoms with van der Waals surface area (Å²) in [6, 6.07) is 10.0. The molecule has 0 saturated heterocycles. The molecular formula is C15H23O4P. The average molecular weight is 298 g/mol. The van der Waals surface area contributed by atoms with Gasteiger partial charge in [-0.2, -0.15) is 9.59 Å². The maximum Gasteiger partial charge on any atom is 0.373 e. The predicted molar refractivity (Wildman–Crippen MR) is 79.0 cm³/mol. The fourth-order valence-electron chi connectivity index (χ4n) is 1.77. The van der Waals surface area contributed by atoms with E-state index in [1.165, 1.54) is 0 Å². The van der Waals surface area contributed by atoms with Gasteiger partial charge in [-0.3, -0.25) is 0 Å². The van der Waals surface area contributed by atoms with E-state index in [1.54, 1.807) is 0 Å². The molecule has 0 fully saturated rings. The summed E-state index contributed by atoms with van der Waals surface area (Å²) in [5.74, 6) is 0.520. The van der Waals surface area contributed by atoms with Gasteiger partial charge in [0.25, 0.3) is 0 Å². The molecule has 0 spiro atoms. The Kier molecular flexibility index (Phi) is 9.92. The molecule has 2 atom stereocenters. The van der Waals surface area contributed by atoms with Crippen molar-refractivity contribution in [3.05, 3.63) is 35.9 Å². The number of rotatable bonds is 7. The van der Waals surface area contributed by atoms with Gasteiger partial charge >= 0.3 is 6.15 Å². The fourth-order valence-corrected chi connectivity index (χ4v) is 3.93. The first-order valence-electron chi connectivity index (χ1n) is 6.61. The molecule has 0 aliphatic heterocycles. The molecule has 0 heterocycles. The first-order chi connectivity index (χ1) is 9.45. The lowest BCUT2D eigenvalue weighted by atomic mass is 10.2. The second-order valence-corrected chi connectivity index (χ2v) is 8.26. The van der Waals surface area contributed by atoms with Crippen molar-refractivity contribution in [1.82, 2.24) is 0 Å². The lowest BCUT2D eigenvalue weighted by Gasteiger charge is -2.17. The first kappa shape index (κ1) is 18.8. The topological polar surface area (TPSA) is 60.4 Å². The van der Waals surface area contributed by atoms with Gasteiger partial charge in [0.15, 0.2) is 0 Å². The van der Waals surface area contributed by atoms with E-state index in [1.807, 2.05) is 37.0 Å². The number of carbonyl (C=O) groups excluding carboxylic acids is 2. The van der Waals surface area contributed by atoms with E-state index in [4.69, 9.17) is 14.3 Å². The molecule has 4 nitrogen and oxygen atoms in total. The van der Waals surface area contributed by atoms with E-state index < -0.39 is 7.14 Å². The Morgan fingerprint density at radius 3 is 2.30 bits per heavy atom. The van der Waals surface area contributed by atoms with Crippen LogP contribution in [-0.4, -0.2) is 25.3 Å². The Bertz CT molecular complexity index is 438. The molecule has 0 aliphatic rings. The van der Waals surface area contributed by atoms with Crippen LogP contribution in [0.4, 0.5) is 0 Å². The summed E-state index contributed by atoms with van der Waals surface area (Å²) in [6.45, 7) is 6.69. The summed E-state index contributed by atoms with van der Waals surface area (Å²) in [4.78, 5) is 16.2. The molecule has 5 heteroatoms. The third kappa shape index (κ3) is 9.69. The maximum absolute atomic E-state index is 12.2. The molecule has 0 amide bonds.